The minimum absolute atomic E-state index is 0. The molecule has 0 aliphatic carbocycles. The zero-order valence-electron chi connectivity index (χ0n) is 45.2. The number of amides is 4. The van der Waals surface area contributed by atoms with Gasteiger partial charge in [0.25, 0.3) is 0 Å². The molecule has 1 aliphatic heterocycles. The Morgan fingerprint density at radius 1 is 0.689 bits per heavy atom. The smallest absolute Gasteiger partial charge is 0.247 e. The molecule has 418 valence electrons. The van der Waals surface area contributed by atoms with Gasteiger partial charge >= 0.3 is 0 Å². The fraction of sp³-hybridized carbons (Fsp3) is 0.585. The average Bonchev–Trinajstić information content (AvgIpc) is 3.71. The van der Waals surface area contributed by atoms with Crippen molar-refractivity contribution in [3.8, 4) is 5.75 Å². The van der Waals surface area contributed by atoms with E-state index in [4.69, 9.17) is 30.4 Å². The largest absolute Gasteiger partial charge is 0.493 e. The first-order valence-corrected chi connectivity index (χ1v) is 26.9. The van der Waals surface area contributed by atoms with Gasteiger partial charge in [0.05, 0.1) is 33.0 Å². The summed E-state index contributed by atoms with van der Waals surface area (Å²) in [6.07, 6.45) is 9.34. The van der Waals surface area contributed by atoms with Crippen molar-refractivity contribution in [3.05, 3.63) is 72.9 Å². The Kier molecular flexibility index (Phi) is 45.2. The summed E-state index contributed by atoms with van der Waals surface area (Å²) >= 11 is 1.85. The summed E-state index contributed by atoms with van der Waals surface area (Å²) in [7, 11) is 0. The van der Waals surface area contributed by atoms with Crippen LogP contribution in [0.3, 0.4) is 0 Å². The minimum atomic E-state index is -0.295. The number of benzene rings is 2. The zero-order chi connectivity index (χ0) is 53.2. The van der Waals surface area contributed by atoms with Crippen LogP contribution in [-0.2, 0) is 54.5 Å². The zero-order valence-corrected chi connectivity index (χ0v) is 48.9. The van der Waals surface area contributed by atoms with Crippen LogP contribution in [0, 0.1) is 6.92 Å². The molecule has 0 spiro atoms. The number of unbranched alkanes of at least 4 members (excludes halogenated alkanes) is 1. The molecule has 19 nitrogen and oxygen atoms in total. The number of hydrogen-bond acceptors (Lipinski definition) is 15. The number of thioether (sulfide) groups is 1. The van der Waals surface area contributed by atoms with Gasteiger partial charge in [-0.1, -0.05) is 66.7 Å². The number of nitrogens with one attached hydrogen (secondary N) is 6. The normalized spacial score (nSPS) is 14.0. The minimum Gasteiger partial charge on any atom is -0.493 e. The van der Waals surface area contributed by atoms with E-state index >= 15 is 0 Å². The van der Waals surface area contributed by atoms with Crippen LogP contribution < -0.4 is 48.1 Å². The van der Waals surface area contributed by atoms with E-state index < -0.39 is 0 Å². The van der Waals surface area contributed by atoms with Gasteiger partial charge in [0.2, 0.25) is 29.6 Å². The number of anilines is 5. The number of ether oxygens (including phenoxy) is 4. The summed E-state index contributed by atoms with van der Waals surface area (Å²) in [4.78, 5) is 57.3. The third kappa shape index (κ3) is 33.3. The predicted molar refractivity (Wildman–Crippen MR) is 298 cm³/mol. The summed E-state index contributed by atoms with van der Waals surface area (Å²) in [5.41, 5.74) is 15.0. The number of aryl methyl sites for hydroxylation is 1. The molecule has 4 amide bonds. The van der Waals surface area contributed by atoms with Gasteiger partial charge in [0, 0.05) is 131 Å². The molecule has 1 fully saturated rings. The molecular formula is C53H90N10O9SW. The summed E-state index contributed by atoms with van der Waals surface area (Å²) in [6.45, 7) is 22.2. The van der Waals surface area contributed by atoms with E-state index in [1.807, 2.05) is 96.6 Å². The average molecular weight is 1230 g/mol. The monoisotopic (exact) mass is 1230 g/mol. The Morgan fingerprint density at radius 2 is 1.20 bits per heavy atom. The first-order valence-electron chi connectivity index (χ1n) is 25.9. The van der Waals surface area contributed by atoms with Crippen LogP contribution in [0.1, 0.15) is 111 Å². The van der Waals surface area contributed by atoms with Crippen LogP contribution in [0.4, 0.5) is 28.8 Å². The van der Waals surface area contributed by atoms with Gasteiger partial charge < -0.3 is 67.8 Å². The standard InChI is InChI=1S/C47H70N10O8S.3C2H6.H2O.W/c1-3-41(58)54-35-12-6-13-36(30-35)55-46-34(2)32-53-47(57-46)56-37-14-7-15-38(31-37)65-25-11-22-52-44(61)19-8-18-43(60)51-21-10-24-63-27-29-64-28-26-62-23-9-20-50-42(59)17-5-4-16-40-45(49)39(48)33-66-40;3*1-2;;/h3,6-7,12-15,30-32,39-40,45H,1,4-5,8-11,16-29,33,48-49H2,2H3,(H,50,59)(H,51,60)(H,52,61)(H,54,58)(H2,53,55,56,57);3*1-2H3;1H2;. The molecule has 12 N–H and O–H groups in total. The van der Waals surface area contributed by atoms with Gasteiger partial charge in [-0.3, -0.25) is 19.2 Å². The molecule has 4 rings (SSSR count). The van der Waals surface area contributed by atoms with Crippen molar-refractivity contribution in [1.29, 1.82) is 0 Å². The van der Waals surface area contributed by atoms with Crippen molar-refractivity contribution >= 4 is 64.2 Å². The van der Waals surface area contributed by atoms with E-state index in [9.17, 15) is 19.2 Å². The maximum atomic E-state index is 12.3. The molecule has 2 heterocycles. The van der Waals surface area contributed by atoms with Gasteiger partial charge in [-0.15, -0.1) is 0 Å². The van der Waals surface area contributed by atoms with Crippen LogP contribution in [0.2, 0.25) is 0 Å². The third-order valence-electron chi connectivity index (χ3n) is 10.2. The van der Waals surface area contributed by atoms with Gasteiger partial charge in [-0.2, -0.15) is 16.7 Å². The summed E-state index contributed by atoms with van der Waals surface area (Å²) < 4.78 is 22.6. The van der Waals surface area contributed by atoms with Gasteiger partial charge in [0.15, 0.2) is 0 Å². The molecule has 74 heavy (non-hydrogen) atoms. The molecule has 21 heteroatoms. The van der Waals surface area contributed by atoms with Crippen molar-refractivity contribution in [2.75, 3.05) is 87.6 Å². The number of nitrogens with two attached hydrogens (primary N) is 2. The maximum absolute atomic E-state index is 12.3. The van der Waals surface area contributed by atoms with Crippen molar-refractivity contribution in [3.63, 3.8) is 0 Å². The molecule has 1 saturated heterocycles. The molecule has 0 radical (unpaired) electrons. The molecular weight excluding hydrogens is 1140 g/mol. The van der Waals surface area contributed by atoms with Gasteiger partial charge in [-0.05, 0) is 81.9 Å². The fourth-order valence-corrected chi connectivity index (χ4v) is 8.03. The van der Waals surface area contributed by atoms with Gasteiger partial charge in [0.1, 0.15) is 11.6 Å². The molecule has 0 saturated carbocycles. The van der Waals surface area contributed by atoms with Crippen molar-refractivity contribution in [1.82, 2.24) is 25.9 Å². The van der Waals surface area contributed by atoms with Crippen molar-refractivity contribution < 1.29 is 64.7 Å². The van der Waals surface area contributed by atoms with E-state index in [1.54, 1.807) is 18.3 Å². The van der Waals surface area contributed by atoms with Crippen molar-refractivity contribution in [2.45, 2.75) is 130 Å². The Bertz CT molecular complexity index is 1960. The predicted octanol–water partition coefficient (Wildman–Crippen LogP) is 7.10. The van der Waals surface area contributed by atoms with E-state index in [1.165, 1.54) is 6.08 Å². The number of nitrogens with zero attached hydrogens (tertiary/aromatic N) is 2. The van der Waals surface area contributed by atoms with E-state index in [0.717, 1.165) is 48.4 Å². The second-order valence-corrected chi connectivity index (χ2v) is 17.1. The second kappa shape index (κ2) is 46.8. The molecule has 3 unspecified atom stereocenters. The van der Waals surface area contributed by atoms with E-state index in [-0.39, 0.29) is 75.1 Å². The fourth-order valence-electron chi connectivity index (χ4n) is 6.58. The summed E-state index contributed by atoms with van der Waals surface area (Å²) in [5, 5.41) is 18.3. The van der Waals surface area contributed by atoms with Crippen LogP contribution in [0.25, 0.3) is 0 Å². The van der Waals surface area contributed by atoms with Crippen LogP contribution >= 0.6 is 11.8 Å². The topological polar surface area (TPSA) is 287 Å². The number of aromatic nitrogens is 2. The molecule has 1 aromatic heterocycles. The molecule has 3 aromatic rings. The number of carbonyl (C=O) groups excluding carboxylic acids is 4. The quantitative estimate of drug-likeness (QED) is 0.0219. The number of rotatable bonds is 34. The number of hydrogen-bond donors (Lipinski definition) is 8. The second-order valence-electron chi connectivity index (χ2n) is 15.8. The third-order valence-corrected chi connectivity index (χ3v) is 11.8. The summed E-state index contributed by atoms with van der Waals surface area (Å²) in [6, 6.07) is 14.9. The van der Waals surface area contributed by atoms with Crippen LogP contribution in [0.5, 0.6) is 5.75 Å². The number of carbonyl (C=O) groups is 4. The first kappa shape index (κ1) is 71.4. The van der Waals surface area contributed by atoms with E-state index in [2.05, 4.69) is 48.4 Å². The SMILES string of the molecule is C=CC(=O)Nc1cccc(Nc2nc(Nc3cccc(OCCCNC(=O)CCCC(=O)NCCCOCCOCCOCCCNC(=O)CCCCC4SCC(N)C4N)c3)ncc2C)c1.CC.CC.CC.O.[W]. The first-order chi connectivity index (χ1) is 35.1. The Hall–Kier alpha value is -4.66. The molecule has 1 aliphatic rings. The molecule has 0 bridgehead atoms. The van der Waals surface area contributed by atoms with Crippen LogP contribution in [-0.4, -0.2) is 128 Å². The Morgan fingerprint density at radius 3 is 1.76 bits per heavy atom. The summed E-state index contributed by atoms with van der Waals surface area (Å²) in [5.74, 6) is 2.15. The Balaban J connectivity index is 0. The van der Waals surface area contributed by atoms with Crippen LogP contribution in [0.15, 0.2) is 67.4 Å². The van der Waals surface area contributed by atoms with Gasteiger partial charge in [-0.25, -0.2) is 4.98 Å². The maximum Gasteiger partial charge on any atom is 0.247 e. The Labute approximate surface area is 460 Å². The van der Waals surface area contributed by atoms with Crippen molar-refractivity contribution in [2.24, 2.45) is 11.5 Å². The van der Waals surface area contributed by atoms with E-state index in [0.29, 0.717) is 120 Å². The molecule has 3 atom stereocenters. The molecule has 2 aromatic carbocycles.